The Kier molecular flexibility index (Phi) is 4.69. The minimum atomic E-state index is -1.65. The summed E-state index contributed by atoms with van der Waals surface area (Å²) in [5.74, 6) is -7.00. The fraction of sp³-hybridized carbons (Fsp3) is 0.0526. The van der Waals surface area contributed by atoms with Crippen molar-refractivity contribution in [2.45, 2.75) is 0 Å². The summed E-state index contributed by atoms with van der Waals surface area (Å²) in [6.45, 7) is 0. The predicted octanol–water partition coefficient (Wildman–Crippen LogP) is 1.84. The van der Waals surface area contributed by atoms with Crippen molar-refractivity contribution >= 4 is 23.1 Å². The highest BCUT2D eigenvalue weighted by molar-refractivity contribution is 6.25. The molecule has 0 aromatic heterocycles. The van der Waals surface area contributed by atoms with E-state index in [-0.39, 0.29) is 28.2 Å². The molecule has 6 N–H and O–H groups in total. The van der Waals surface area contributed by atoms with Crippen molar-refractivity contribution in [1.82, 2.24) is 0 Å². The number of cyclic esters (lactones) is 1. The van der Waals surface area contributed by atoms with E-state index < -0.39 is 46.3 Å². The number of phenols is 4. The van der Waals surface area contributed by atoms with Crippen LogP contribution in [0.5, 0.6) is 28.7 Å². The zero-order chi connectivity index (χ0) is 21.5. The van der Waals surface area contributed by atoms with Gasteiger partial charge in [0.2, 0.25) is 0 Å². The lowest BCUT2D eigenvalue weighted by Crippen LogP contribution is -2.06. The molecule has 1 aliphatic rings. The van der Waals surface area contributed by atoms with Gasteiger partial charge in [-0.1, -0.05) is 6.07 Å². The van der Waals surface area contributed by atoms with Crippen LogP contribution >= 0.6 is 0 Å². The quantitative estimate of drug-likeness (QED) is 0.251. The average molecular weight is 402 g/mol. The lowest BCUT2D eigenvalue weighted by Gasteiger charge is -2.09. The molecule has 0 fully saturated rings. The maximum Gasteiger partial charge on any atom is 0.348 e. The largest absolute Gasteiger partial charge is 0.504 e. The first-order chi connectivity index (χ1) is 13.6. The lowest BCUT2D eigenvalue weighted by atomic mass is 10.00. The first kappa shape index (κ1) is 19.4. The topological polar surface area (TPSA) is 174 Å². The molecule has 0 bridgehead atoms. The number of carboxylic acid groups (broad SMARTS) is 1. The van der Waals surface area contributed by atoms with Crippen LogP contribution in [0.4, 0.5) is 0 Å². The smallest absolute Gasteiger partial charge is 0.348 e. The van der Waals surface area contributed by atoms with Crippen molar-refractivity contribution in [3.8, 4) is 28.7 Å². The minimum Gasteiger partial charge on any atom is -0.504 e. The molecule has 0 saturated carbocycles. The van der Waals surface area contributed by atoms with Crippen molar-refractivity contribution in [3.05, 3.63) is 53.0 Å². The van der Waals surface area contributed by atoms with Gasteiger partial charge in [-0.05, 0) is 29.8 Å². The second kappa shape index (κ2) is 7.00. The molecule has 0 atom stereocenters. The standard InChI is InChI=1S/C19H14O10/c1-28-12-6-7(2-3-9(12)20)13-16(24)17(29-19(13)27)14(18(25)26)8-4-10(21)15(23)11(22)5-8/h2-6,20-24H,1H3,(H,25,26). The van der Waals surface area contributed by atoms with Gasteiger partial charge in [-0.2, -0.15) is 0 Å². The molecule has 10 nitrogen and oxygen atoms in total. The molecule has 29 heavy (non-hydrogen) atoms. The molecule has 3 rings (SSSR count). The van der Waals surface area contributed by atoms with Gasteiger partial charge < -0.3 is 40.1 Å². The number of ether oxygens (including phenoxy) is 2. The molecular weight excluding hydrogens is 388 g/mol. The summed E-state index contributed by atoms with van der Waals surface area (Å²) < 4.78 is 9.88. The molecule has 0 spiro atoms. The van der Waals surface area contributed by atoms with Gasteiger partial charge in [-0.15, -0.1) is 0 Å². The fourth-order valence-electron chi connectivity index (χ4n) is 2.76. The predicted molar refractivity (Wildman–Crippen MR) is 96.3 cm³/mol. The summed E-state index contributed by atoms with van der Waals surface area (Å²) in [5.41, 5.74) is -1.39. The van der Waals surface area contributed by atoms with E-state index in [0.29, 0.717) is 0 Å². The Balaban J connectivity index is 2.24. The number of methoxy groups -OCH3 is 1. The first-order valence-electron chi connectivity index (χ1n) is 7.91. The van der Waals surface area contributed by atoms with Gasteiger partial charge >= 0.3 is 11.9 Å². The third-order valence-electron chi connectivity index (χ3n) is 4.12. The summed E-state index contributed by atoms with van der Waals surface area (Å²) in [4.78, 5) is 24.1. The second-order valence-electron chi connectivity index (χ2n) is 5.87. The Morgan fingerprint density at radius 2 is 1.59 bits per heavy atom. The molecule has 0 radical (unpaired) electrons. The van der Waals surface area contributed by atoms with Crippen molar-refractivity contribution < 1.29 is 49.7 Å². The number of rotatable bonds is 4. The molecule has 1 aliphatic heterocycles. The van der Waals surface area contributed by atoms with E-state index in [9.17, 15) is 40.2 Å². The molecule has 2 aromatic carbocycles. The number of aliphatic carboxylic acids is 1. The number of carboxylic acids is 1. The van der Waals surface area contributed by atoms with Gasteiger partial charge in [0, 0.05) is 5.56 Å². The van der Waals surface area contributed by atoms with Crippen molar-refractivity contribution in [3.63, 3.8) is 0 Å². The molecule has 10 heteroatoms. The van der Waals surface area contributed by atoms with E-state index in [1.54, 1.807) is 0 Å². The SMILES string of the molecule is COc1cc(C2=C(O)C(=C(C(=O)O)c3cc(O)c(O)c(O)c3)OC2=O)ccc1O. The normalized spacial score (nSPS) is 15.3. The third-order valence-corrected chi connectivity index (χ3v) is 4.12. The zero-order valence-corrected chi connectivity index (χ0v) is 14.7. The van der Waals surface area contributed by atoms with Gasteiger partial charge in [0.1, 0.15) is 11.1 Å². The Bertz CT molecular complexity index is 1090. The Labute approximate surface area is 162 Å². The van der Waals surface area contributed by atoms with E-state index in [0.717, 1.165) is 12.1 Å². The summed E-state index contributed by atoms with van der Waals surface area (Å²) in [6.07, 6.45) is 0. The minimum absolute atomic E-state index is 0.000123. The number of esters is 1. The Hall–Kier alpha value is -4.34. The van der Waals surface area contributed by atoms with E-state index >= 15 is 0 Å². The van der Waals surface area contributed by atoms with E-state index in [2.05, 4.69) is 0 Å². The number of benzene rings is 2. The fourth-order valence-corrected chi connectivity index (χ4v) is 2.76. The third kappa shape index (κ3) is 3.23. The van der Waals surface area contributed by atoms with Crippen LogP contribution in [0.2, 0.25) is 0 Å². The highest BCUT2D eigenvalue weighted by Crippen LogP contribution is 2.42. The van der Waals surface area contributed by atoms with Crippen molar-refractivity contribution in [2.75, 3.05) is 7.11 Å². The van der Waals surface area contributed by atoms with Crippen molar-refractivity contribution in [2.24, 2.45) is 0 Å². The molecule has 0 amide bonds. The van der Waals surface area contributed by atoms with Gasteiger partial charge in [0.05, 0.1) is 7.11 Å². The highest BCUT2D eigenvalue weighted by atomic mass is 16.6. The van der Waals surface area contributed by atoms with Gasteiger partial charge in [0.15, 0.2) is 40.3 Å². The van der Waals surface area contributed by atoms with Crippen LogP contribution in [0.25, 0.3) is 11.1 Å². The van der Waals surface area contributed by atoms with Gasteiger partial charge in [-0.25, -0.2) is 9.59 Å². The number of hydrogen-bond donors (Lipinski definition) is 6. The monoisotopic (exact) mass is 402 g/mol. The van der Waals surface area contributed by atoms with Gasteiger partial charge in [-0.3, -0.25) is 0 Å². The van der Waals surface area contributed by atoms with E-state index in [1.165, 1.54) is 25.3 Å². The molecular formula is C19H14O10. The molecule has 0 aliphatic carbocycles. The lowest BCUT2D eigenvalue weighted by molar-refractivity contribution is -0.131. The maximum atomic E-state index is 12.3. The Morgan fingerprint density at radius 3 is 2.14 bits per heavy atom. The molecule has 0 unspecified atom stereocenters. The van der Waals surface area contributed by atoms with Crippen LogP contribution in [0.1, 0.15) is 11.1 Å². The summed E-state index contributed by atoms with van der Waals surface area (Å²) in [7, 11) is 1.28. The molecule has 1 heterocycles. The molecule has 2 aromatic rings. The highest BCUT2D eigenvalue weighted by Gasteiger charge is 2.36. The van der Waals surface area contributed by atoms with Crippen LogP contribution in [-0.4, -0.2) is 49.7 Å². The molecule has 150 valence electrons. The number of hydrogen-bond acceptors (Lipinski definition) is 9. The van der Waals surface area contributed by atoms with E-state index in [1.807, 2.05) is 0 Å². The van der Waals surface area contributed by atoms with Crippen LogP contribution < -0.4 is 4.74 Å². The number of carbonyl (C=O) groups is 2. The summed E-state index contributed by atoms with van der Waals surface area (Å²) >= 11 is 0. The van der Waals surface area contributed by atoms with Gasteiger partial charge in [0.25, 0.3) is 0 Å². The zero-order valence-electron chi connectivity index (χ0n) is 14.7. The molecule has 0 saturated heterocycles. The second-order valence-corrected chi connectivity index (χ2v) is 5.87. The number of aromatic hydroxyl groups is 4. The summed E-state index contributed by atoms with van der Waals surface area (Å²) in [6, 6.07) is 5.36. The summed E-state index contributed by atoms with van der Waals surface area (Å²) in [5, 5.41) is 58.5. The Morgan fingerprint density at radius 1 is 0.966 bits per heavy atom. The van der Waals surface area contributed by atoms with Crippen LogP contribution in [-0.2, 0) is 14.3 Å². The van der Waals surface area contributed by atoms with Crippen LogP contribution in [0.3, 0.4) is 0 Å². The average Bonchev–Trinajstić information content (AvgIpc) is 2.94. The number of aliphatic hydroxyl groups excluding tert-OH is 1. The van der Waals surface area contributed by atoms with Crippen LogP contribution in [0.15, 0.2) is 41.9 Å². The number of aliphatic hydroxyl groups is 1. The van der Waals surface area contributed by atoms with Crippen molar-refractivity contribution in [1.29, 1.82) is 0 Å². The first-order valence-corrected chi connectivity index (χ1v) is 7.91. The van der Waals surface area contributed by atoms with Crippen LogP contribution in [0, 0.1) is 0 Å². The van der Waals surface area contributed by atoms with E-state index in [4.69, 9.17) is 9.47 Å². The number of phenolic OH excluding ortho intramolecular Hbond substituents is 4. The number of carbonyl (C=O) groups excluding carboxylic acids is 1. The maximum absolute atomic E-state index is 12.3.